The summed E-state index contributed by atoms with van der Waals surface area (Å²) in [4.78, 5) is 21.9. The van der Waals surface area contributed by atoms with Crippen LogP contribution in [0.5, 0.6) is 0 Å². The van der Waals surface area contributed by atoms with Gasteiger partial charge in [-0.15, -0.1) is 22.7 Å². The van der Waals surface area contributed by atoms with Crippen molar-refractivity contribution < 1.29 is 14.2 Å². The summed E-state index contributed by atoms with van der Waals surface area (Å²) < 4.78 is 10.6. The number of carbonyl (C=O) groups excluding carboxylic acids is 1. The van der Waals surface area contributed by atoms with Gasteiger partial charge in [0.15, 0.2) is 11.2 Å². The van der Waals surface area contributed by atoms with Crippen LogP contribution in [-0.4, -0.2) is 27.9 Å². The zero-order chi connectivity index (χ0) is 26.2. The first-order chi connectivity index (χ1) is 18.5. The second kappa shape index (κ2) is 9.96. The molecule has 6 nitrogen and oxygen atoms in total. The summed E-state index contributed by atoms with van der Waals surface area (Å²) in [7, 11) is 0. The lowest BCUT2D eigenvalue weighted by Gasteiger charge is -2.09. The van der Waals surface area contributed by atoms with Gasteiger partial charge in [-0.25, -0.2) is 14.4 Å². The molecule has 0 amide bonds. The van der Waals surface area contributed by atoms with Crippen LogP contribution in [-0.2, 0) is 4.74 Å². The molecule has 0 fully saturated rings. The maximum absolute atomic E-state index is 13.2. The van der Waals surface area contributed by atoms with Crippen LogP contribution in [0.2, 0.25) is 0 Å². The van der Waals surface area contributed by atoms with Crippen molar-refractivity contribution in [2.75, 3.05) is 6.61 Å². The van der Waals surface area contributed by atoms with Gasteiger partial charge in [-0.05, 0) is 66.5 Å². The molecular weight excluding hydrogens is 514 g/mol. The summed E-state index contributed by atoms with van der Waals surface area (Å²) in [5, 5.41) is 8.44. The van der Waals surface area contributed by atoms with Crippen LogP contribution in [0, 0.1) is 13.8 Å². The van der Waals surface area contributed by atoms with Crippen molar-refractivity contribution in [2.24, 2.45) is 0 Å². The predicted molar refractivity (Wildman–Crippen MR) is 153 cm³/mol. The fourth-order valence-electron chi connectivity index (χ4n) is 4.28. The van der Waals surface area contributed by atoms with Gasteiger partial charge in [-0.1, -0.05) is 59.7 Å². The molecule has 188 valence electrons. The first kappa shape index (κ1) is 24.2. The number of hydrogen-bond acceptors (Lipinski definition) is 8. The molecule has 0 saturated heterocycles. The predicted octanol–water partition coefficient (Wildman–Crippen LogP) is 8.20. The van der Waals surface area contributed by atoms with Crippen molar-refractivity contribution in [3.63, 3.8) is 0 Å². The highest BCUT2D eigenvalue weighted by Crippen LogP contribution is 2.42. The van der Waals surface area contributed by atoms with Crippen molar-refractivity contribution in [1.82, 2.24) is 15.3 Å². The molecule has 0 aliphatic rings. The summed E-state index contributed by atoms with van der Waals surface area (Å²) in [6, 6.07) is 24.8. The Kier molecular flexibility index (Phi) is 6.35. The molecule has 0 unspecified atom stereocenters. The third-order valence-corrected chi connectivity index (χ3v) is 8.54. The van der Waals surface area contributed by atoms with Gasteiger partial charge in [-0.3, -0.25) is 0 Å². The van der Waals surface area contributed by atoms with E-state index in [1.807, 2.05) is 18.2 Å². The highest BCUT2D eigenvalue weighted by molar-refractivity contribution is 7.19. The molecule has 0 saturated carbocycles. The second-order valence-corrected chi connectivity index (χ2v) is 11.1. The third kappa shape index (κ3) is 4.42. The smallest absolute Gasteiger partial charge is 0.357 e. The molecule has 0 bridgehead atoms. The highest BCUT2D eigenvalue weighted by Gasteiger charge is 2.27. The Balaban J connectivity index is 1.50. The number of benzene rings is 2. The number of aryl methyl sites for hydroxylation is 2. The molecule has 8 heteroatoms. The number of ether oxygens (including phenoxy) is 1. The summed E-state index contributed by atoms with van der Waals surface area (Å²) in [6.07, 6.45) is 0. The van der Waals surface area contributed by atoms with Gasteiger partial charge in [0.25, 0.3) is 0 Å². The van der Waals surface area contributed by atoms with Crippen LogP contribution in [0.1, 0.15) is 28.5 Å². The summed E-state index contributed by atoms with van der Waals surface area (Å²) >= 11 is 3.14. The molecule has 0 spiro atoms. The van der Waals surface area contributed by atoms with Crippen molar-refractivity contribution in [3.8, 4) is 41.9 Å². The molecular formula is C30H23N3O3S2. The Morgan fingerprint density at radius 2 is 1.26 bits per heavy atom. The lowest BCUT2D eigenvalue weighted by Crippen LogP contribution is -2.10. The summed E-state index contributed by atoms with van der Waals surface area (Å²) in [5.41, 5.74) is 6.94. The fraction of sp³-hybridized carbons (Fsp3) is 0.133. The van der Waals surface area contributed by atoms with Crippen LogP contribution >= 0.6 is 22.7 Å². The molecule has 2 aromatic carbocycles. The van der Waals surface area contributed by atoms with E-state index in [-0.39, 0.29) is 12.3 Å². The zero-order valence-corrected chi connectivity index (χ0v) is 22.7. The topological polar surface area (TPSA) is 78.1 Å². The van der Waals surface area contributed by atoms with Crippen molar-refractivity contribution in [1.29, 1.82) is 0 Å². The lowest BCUT2D eigenvalue weighted by atomic mass is 10.1. The van der Waals surface area contributed by atoms with Gasteiger partial charge in [0.1, 0.15) is 11.2 Å². The van der Waals surface area contributed by atoms with E-state index in [4.69, 9.17) is 14.3 Å². The molecule has 0 radical (unpaired) electrons. The first-order valence-corrected chi connectivity index (χ1v) is 13.8. The Hall–Kier alpha value is -4.14. The monoisotopic (exact) mass is 537 g/mol. The van der Waals surface area contributed by atoms with E-state index in [2.05, 4.69) is 78.8 Å². The number of thiophene rings is 2. The Bertz CT molecular complexity index is 1760. The number of aromatic nitrogens is 3. The van der Waals surface area contributed by atoms with Crippen LogP contribution in [0.25, 0.3) is 52.9 Å². The molecule has 0 aliphatic heterocycles. The van der Waals surface area contributed by atoms with Gasteiger partial charge in [0.2, 0.25) is 0 Å². The van der Waals surface area contributed by atoms with Crippen molar-refractivity contribution in [3.05, 3.63) is 89.6 Å². The van der Waals surface area contributed by atoms with E-state index in [1.165, 1.54) is 11.1 Å². The highest BCUT2D eigenvalue weighted by atomic mass is 32.1. The minimum Gasteiger partial charge on any atom is -0.461 e. The Labute approximate surface area is 227 Å². The van der Waals surface area contributed by atoms with Gasteiger partial charge in [-0.2, -0.15) is 0 Å². The van der Waals surface area contributed by atoms with E-state index in [9.17, 15) is 4.79 Å². The maximum Gasteiger partial charge on any atom is 0.357 e. The molecule has 6 aromatic rings. The number of nitrogens with zero attached hydrogens (tertiary/aromatic N) is 3. The number of esters is 1. The molecule has 4 heterocycles. The van der Waals surface area contributed by atoms with Crippen molar-refractivity contribution in [2.45, 2.75) is 20.8 Å². The minimum absolute atomic E-state index is 0.202. The van der Waals surface area contributed by atoms with E-state index in [0.717, 1.165) is 30.6 Å². The molecule has 0 aliphatic carbocycles. The number of carbonyl (C=O) groups is 1. The Morgan fingerprint density at radius 3 is 1.87 bits per heavy atom. The third-order valence-electron chi connectivity index (χ3n) is 6.24. The average molecular weight is 538 g/mol. The van der Waals surface area contributed by atoms with Crippen LogP contribution in [0.3, 0.4) is 0 Å². The molecule has 38 heavy (non-hydrogen) atoms. The number of pyridine rings is 1. The second-order valence-electron chi connectivity index (χ2n) is 8.93. The largest absolute Gasteiger partial charge is 0.461 e. The van der Waals surface area contributed by atoms with E-state index in [1.54, 1.807) is 29.6 Å². The zero-order valence-electron chi connectivity index (χ0n) is 21.0. The molecule has 0 N–H and O–H groups in total. The van der Waals surface area contributed by atoms with Gasteiger partial charge < -0.3 is 4.74 Å². The lowest BCUT2D eigenvalue weighted by molar-refractivity contribution is 0.0521. The maximum atomic E-state index is 13.2. The number of rotatable bonds is 6. The SMILES string of the molecule is CCOC(=O)c1nc(-c2ccc(-c3ccc(C)cc3)s2)c2nonc2c1-c1ccc(-c2ccc(C)cc2)s1. The fourth-order valence-corrected chi connectivity index (χ4v) is 6.34. The number of fused-ring (bicyclic) bond motifs is 1. The molecule has 4 aromatic heterocycles. The quantitative estimate of drug-likeness (QED) is 0.199. The first-order valence-electron chi connectivity index (χ1n) is 12.2. The summed E-state index contributed by atoms with van der Waals surface area (Å²) in [5.74, 6) is -0.505. The van der Waals surface area contributed by atoms with Crippen molar-refractivity contribution >= 4 is 39.7 Å². The van der Waals surface area contributed by atoms with Gasteiger partial charge in [0.05, 0.1) is 17.0 Å². The Morgan fingerprint density at radius 1 is 0.737 bits per heavy atom. The van der Waals surface area contributed by atoms with E-state index >= 15 is 0 Å². The normalized spacial score (nSPS) is 11.2. The minimum atomic E-state index is -0.505. The molecule has 6 rings (SSSR count). The van der Waals surface area contributed by atoms with E-state index in [0.29, 0.717) is 22.3 Å². The van der Waals surface area contributed by atoms with E-state index < -0.39 is 5.97 Å². The van der Waals surface area contributed by atoms with Gasteiger partial charge in [0, 0.05) is 14.6 Å². The molecule has 0 atom stereocenters. The van der Waals surface area contributed by atoms with Crippen LogP contribution in [0.4, 0.5) is 0 Å². The standard InChI is InChI=1S/C30H23N3O3S2/c1-4-35-30(34)28-25(23-15-13-21(37-23)19-9-5-17(2)6-10-19)27-29(33-36-32-27)26(31-28)24-16-14-22(38-24)20-11-7-18(3)8-12-20/h5-16H,4H2,1-3H3. The van der Waals surface area contributed by atoms with Crippen LogP contribution < -0.4 is 0 Å². The average Bonchev–Trinajstić information content (AvgIpc) is 3.70. The van der Waals surface area contributed by atoms with Gasteiger partial charge >= 0.3 is 5.97 Å². The number of hydrogen-bond donors (Lipinski definition) is 0. The summed E-state index contributed by atoms with van der Waals surface area (Å²) in [6.45, 7) is 6.15. The van der Waals surface area contributed by atoms with Crippen LogP contribution in [0.15, 0.2) is 77.4 Å².